The average Bonchev–Trinajstić information content (AvgIpc) is 0.825. The van der Waals surface area contributed by atoms with E-state index in [0.717, 1.165) is 44.5 Å². The van der Waals surface area contributed by atoms with Gasteiger partial charge in [-0.15, -0.1) is 0 Å². The fourth-order valence-corrected chi connectivity index (χ4v) is 12.3. The first-order valence-corrected chi connectivity index (χ1v) is 31.2. The summed E-state index contributed by atoms with van der Waals surface area (Å²) >= 11 is 0. The van der Waals surface area contributed by atoms with Gasteiger partial charge in [-0.3, -0.25) is 24.0 Å². The molecule has 0 aromatic heterocycles. The van der Waals surface area contributed by atoms with Crippen LogP contribution in [0.25, 0.3) is 89.0 Å². The van der Waals surface area contributed by atoms with Gasteiger partial charge in [0.2, 0.25) is 0 Å². The summed E-state index contributed by atoms with van der Waals surface area (Å²) in [5.74, 6) is -0.932. The maximum atomic E-state index is 16.0. The van der Waals surface area contributed by atoms with Crippen LogP contribution in [0, 0.1) is 0 Å². The molecule has 0 saturated heterocycles. The highest BCUT2D eigenvalue weighted by Crippen LogP contribution is 2.36. The van der Waals surface area contributed by atoms with Gasteiger partial charge < -0.3 is 0 Å². The molecule has 94 heavy (non-hydrogen) atoms. The molecule has 0 heterocycles. The minimum absolute atomic E-state index is 0.156. The number of hydrogen-bond donors (Lipinski definition) is 0. The Labute approximate surface area is 546 Å². The zero-order chi connectivity index (χ0) is 63.9. The molecule has 14 rings (SSSR count). The lowest BCUT2D eigenvalue weighted by molar-refractivity contribution is 0.103. The highest BCUT2D eigenvalue weighted by atomic mass is 16.1. The van der Waals surface area contributed by atoms with E-state index in [9.17, 15) is 19.2 Å². The minimum Gasteiger partial charge on any atom is -0.289 e. The Morgan fingerprint density at radius 2 is 0.255 bits per heavy atom. The molecule has 0 aliphatic heterocycles. The zero-order valence-electron chi connectivity index (χ0n) is 51.0. The van der Waals surface area contributed by atoms with Crippen molar-refractivity contribution >= 4 is 28.9 Å². The van der Waals surface area contributed by atoms with E-state index in [1.807, 2.05) is 328 Å². The Bertz CT molecular complexity index is 4580. The van der Waals surface area contributed by atoms with E-state index in [1.165, 1.54) is 0 Å². The fraction of sp³-hybridized carbons (Fsp3) is 0. The molecule has 5 nitrogen and oxygen atoms in total. The van der Waals surface area contributed by atoms with Crippen molar-refractivity contribution in [1.29, 1.82) is 0 Å². The van der Waals surface area contributed by atoms with Gasteiger partial charge in [0.1, 0.15) is 0 Å². The number of hydrogen-bond acceptors (Lipinski definition) is 5. The third-order valence-electron chi connectivity index (χ3n) is 17.2. The molecule has 0 spiro atoms. The highest BCUT2D eigenvalue weighted by molar-refractivity contribution is 6.15. The minimum atomic E-state index is -0.309. The molecular formula is C89H58O5. The third kappa shape index (κ3) is 12.8. The van der Waals surface area contributed by atoms with Crippen LogP contribution in [0.3, 0.4) is 0 Å². The van der Waals surface area contributed by atoms with E-state index in [2.05, 4.69) is 0 Å². The number of benzene rings is 14. The summed E-state index contributed by atoms with van der Waals surface area (Å²) in [7, 11) is 0. The normalized spacial score (nSPS) is 11.0. The maximum absolute atomic E-state index is 16.0. The molecule has 0 N–H and O–H groups in total. The van der Waals surface area contributed by atoms with E-state index in [0.29, 0.717) is 100 Å². The molecule has 0 radical (unpaired) electrons. The Kier molecular flexibility index (Phi) is 16.6. The largest absolute Gasteiger partial charge is 0.289 e. The topological polar surface area (TPSA) is 85.3 Å². The Balaban J connectivity index is 0.885. The lowest BCUT2D eigenvalue weighted by Crippen LogP contribution is -2.05. The molecule has 0 bridgehead atoms. The molecule has 0 fully saturated rings. The van der Waals surface area contributed by atoms with Crippen LogP contribution in [0.4, 0.5) is 0 Å². The predicted octanol–water partition coefficient (Wildman–Crippen LogP) is 21.2. The van der Waals surface area contributed by atoms with E-state index in [4.69, 9.17) is 0 Å². The number of ketones is 5. The molecule has 0 amide bonds. The van der Waals surface area contributed by atoms with E-state index < -0.39 is 0 Å². The summed E-state index contributed by atoms with van der Waals surface area (Å²) < 4.78 is 0. The first kappa shape index (κ1) is 59.1. The van der Waals surface area contributed by atoms with E-state index in [-0.39, 0.29) is 28.9 Å². The fourth-order valence-electron chi connectivity index (χ4n) is 12.3. The van der Waals surface area contributed by atoms with Crippen molar-refractivity contribution in [1.82, 2.24) is 0 Å². The second kappa shape index (κ2) is 26.5. The van der Waals surface area contributed by atoms with Crippen molar-refractivity contribution in [2.45, 2.75) is 0 Å². The SMILES string of the molecule is O=C(c1cccc(-c2ccccc2)c1)c1cccc(-c2cc(C(=O)c3cc(-c4cccc(C(=O)c5cccc(-c6ccccc6)c5)c4)cc(-c4cccc(C(=O)c5cccc(-c6ccccc6)c5)c4)c3)cc(-c3cccc(C(=O)c4cccc(-c5ccccc5)c4)c3)c2)c1. The maximum Gasteiger partial charge on any atom is 0.193 e. The van der Waals surface area contributed by atoms with Gasteiger partial charge in [-0.2, -0.15) is 0 Å². The lowest BCUT2D eigenvalue weighted by Gasteiger charge is -2.15. The van der Waals surface area contributed by atoms with Crippen molar-refractivity contribution < 1.29 is 24.0 Å². The van der Waals surface area contributed by atoms with Gasteiger partial charge >= 0.3 is 0 Å². The average molecular weight is 1210 g/mol. The van der Waals surface area contributed by atoms with Gasteiger partial charge in [-0.1, -0.05) is 267 Å². The summed E-state index contributed by atoms with van der Waals surface area (Å²) in [5.41, 5.74) is 17.9. The molecular weight excluding hydrogens is 1150 g/mol. The van der Waals surface area contributed by atoms with Gasteiger partial charge in [-0.25, -0.2) is 0 Å². The van der Waals surface area contributed by atoms with Crippen LogP contribution < -0.4 is 0 Å². The van der Waals surface area contributed by atoms with Crippen LogP contribution in [0.2, 0.25) is 0 Å². The standard InChI is InChI=1S/C89H58O5/c90-85(71-37-13-29-63(45-71)59-21-5-1-6-22-59)75-41-17-33-67(49-75)79-53-80(68-34-18-42-76(50-68)86(91)72-38-14-30-64(46-72)60-23-7-2-8-24-60)56-83(55-79)89(94)84-57-81(69-35-19-43-77(51-69)87(92)73-39-15-31-65(47-73)61-25-9-3-10-26-61)54-82(58-84)70-36-20-44-78(52-70)88(93)74-40-16-32-66(48-74)62-27-11-4-12-28-62/h1-58H. The molecule has 0 unspecified atom stereocenters. The molecule has 5 heteroatoms. The summed E-state index contributed by atoms with van der Waals surface area (Å²) in [6, 6.07) is 112. The van der Waals surface area contributed by atoms with Crippen LogP contribution in [0.5, 0.6) is 0 Å². The van der Waals surface area contributed by atoms with Crippen LogP contribution >= 0.6 is 0 Å². The van der Waals surface area contributed by atoms with E-state index in [1.54, 1.807) is 24.3 Å². The van der Waals surface area contributed by atoms with Crippen LogP contribution in [-0.2, 0) is 0 Å². The first-order valence-electron chi connectivity index (χ1n) is 31.2. The summed E-state index contributed by atoms with van der Waals surface area (Å²) in [6.07, 6.45) is 0. The first-order chi connectivity index (χ1) is 46.1. The predicted molar refractivity (Wildman–Crippen MR) is 379 cm³/mol. The molecule has 14 aromatic rings. The van der Waals surface area contributed by atoms with Crippen molar-refractivity contribution in [3.05, 3.63) is 407 Å². The van der Waals surface area contributed by atoms with Gasteiger partial charge in [0.25, 0.3) is 0 Å². The third-order valence-corrected chi connectivity index (χ3v) is 17.2. The molecule has 0 saturated carbocycles. The van der Waals surface area contributed by atoms with Crippen LogP contribution in [0.15, 0.2) is 352 Å². The second-order valence-corrected chi connectivity index (χ2v) is 23.4. The number of rotatable bonds is 18. The van der Waals surface area contributed by atoms with Gasteiger partial charge in [0.05, 0.1) is 0 Å². The summed E-state index contributed by atoms with van der Waals surface area (Å²) in [4.78, 5) is 74.2. The van der Waals surface area contributed by atoms with Crippen molar-refractivity contribution in [2.75, 3.05) is 0 Å². The second-order valence-electron chi connectivity index (χ2n) is 23.4. The smallest absolute Gasteiger partial charge is 0.193 e. The van der Waals surface area contributed by atoms with Crippen molar-refractivity contribution in [2.24, 2.45) is 0 Å². The van der Waals surface area contributed by atoms with Gasteiger partial charge in [0, 0.05) is 55.6 Å². The number of carbonyl (C=O) groups excluding carboxylic acids is 5. The van der Waals surface area contributed by atoms with Crippen LogP contribution in [0.1, 0.15) is 79.6 Å². The summed E-state index contributed by atoms with van der Waals surface area (Å²) in [5, 5.41) is 0. The van der Waals surface area contributed by atoms with Gasteiger partial charge in [0.15, 0.2) is 28.9 Å². The Hall–Kier alpha value is -12.6. The Morgan fingerprint density at radius 3 is 0.436 bits per heavy atom. The van der Waals surface area contributed by atoms with Crippen molar-refractivity contribution in [3.63, 3.8) is 0 Å². The van der Waals surface area contributed by atoms with Crippen molar-refractivity contribution in [3.8, 4) is 89.0 Å². The molecule has 0 aliphatic rings. The quantitative estimate of drug-likeness (QED) is 0.0799. The Morgan fingerprint density at radius 1 is 0.117 bits per heavy atom. The zero-order valence-corrected chi connectivity index (χ0v) is 51.0. The van der Waals surface area contributed by atoms with Crippen LogP contribution in [-0.4, -0.2) is 28.9 Å². The monoisotopic (exact) mass is 1210 g/mol. The molecule has 14 aromatic carbocycles. The highest BCUT2D eigenvalue weighted by Gasteiger charge is 2.21. The molecule has 444 valence electrons. The molecule has 0 atom stereocenters. The number of carbonyl (C=O) groups is 5. The van der Waals surface area contributed by atoms with E-state index >= 15 is 4.79 Å². The van der Waals surface area contributed by atoms with Gasteiger partial charge in [-0.05, 0) is 174 Å². The summed E-state index contributed by atoms with van der Waals surface area (Å²) in [6.45, 7) is 0. The molecule has 0 aliphatic carbocycles. The lowest BCUT2D eigenvalue weighted by atomic mass is 9.88.